The van der Waals surface area contributed by atoms with Gasteiger partial charge in [-0.3, -0.25) is 4.79 Å². The molecule has 0 aliphatic carbocycles. The zero-order valence-electron chi connectivity index (χ0n) is 13.9. The Morgan fingerprint density at radius 1 is 1.25 bits per heavy atom. The first-order chi connectivity index (χ1) is 11.3. The predicted molar refractivity (Wildman–Crippen MR) is 95.7 cm³/mol. The molecule has 0 bridgehead atoms. The van der Waals surface area contributed by atoms with Crippen molar-refractivity contribution in [3.8, 4) is 0 Å². The number of likely N-dealkylation sites (N-methyl/N-ethyl adjacent to an activating group) is 1. The van der Waals surface area contributed by atoms with Crippen LogP contribution in [0, 0.1) is 0 Å². The first-order valence-corrected chi connectivity index (χ1v) is 9.77. The van der Waals surface area contributed by atoms with Crippen molar-refractivity contribution in [2.24, 2.45) is 0 Å². The molecule has 0 aliphatic rings. The summed E-state index contributed by atoms with van der Waals surface area (Å²) in [6.07, 6.45) is 0. The van der Waals surface area contributed by atoms with Crippen molar-refractivity contribution in [3.63, 3.8) is 0 Å². The van der Waals surface area contributed by atoms with Crippen LogP contribution in [0.2, 0.25) is 0 Å². The van der Waals surface area contributed by atoms with E-state index in [1.165, 1.54) is 31.1 Å². The molecule has 6 nitrogen and oxygen atoms in total. The van der Waals surface area contributed by atoms with E-state index in [4.69, 9.17) is 0 Å². The van der Waals surface area contributed by atoms with Crippen LogP contribution in [0.5, 0.6) is 0 Å². The standard InChI is InChI=1S/C16H21N3O3S2/c1-18(2)24(21,22)15-8-4-6-13(10-15)17-16(20)12-19(3)11-14-7-5-9-23-14/h4-10H,11-12H2,1-3H3,(H,17,20)/p+1. The largest absolute Gasteiger partial charge is 0.325 e. The minimum atomic E-state index is -3.51. The molecule has 1 amide bonds. The molecule has 2 rings (SSSR count). The first-order valence-electron chi connectivity index (χ1n) is 7.45. The Hall–Kier alpha value is -1.74. The van der Waals surface area contributed by atoms with Gasteiger partial charge in [0.2, 0.25) is 10.0 Å². The Labute approximate surface area is 146 Å². The van der Waals surface area contributed by atoms with Gasteiger partial charge in [0.25, 0.3) is 5.91 Å². The van der Waals surface area contributed by atoms with Crippen molar-refractivity contribution < 1.29 is 18.1 Å². The molecule has 1 unspecified atom stereocenters. The summed E-state index contributed by atoms with van der Waals surface area (Å²) in [5, 5.41) is 4.78. The van der Waals surface area contributed by atoms with Gasteiger partial charge >= 0.3 is 0 Å². The van der Waals surface area contributed by atoms with Crippen molar-refractivity contribution in [1.82, 2.24) is 4.31 Å². The van der Waals surface area contributed by atoms with Crippen LogP contribution < -0.4 is 10.2 Å². The summed E-state index contributed by atoms with van der Waals surface area (Å²) in [4.78, 5) is 14.6. The van der Waals surface area contributed by atoms with Gasteiger partial charge in [0, 0.05) is 19.8 Å². The number of rotatable bonds is 7. The lowest BCUT2D eigenvalue weighted by Crippen LogP contribution is -3.08. The fourth-order valence-electron chi connectivity index (χ4n) is 2.20. The molecule has 1 heterocycles. The van der Waals surface area contributed by atoms with Crippen LogP contribution in [0.1, 0.15) is 4.88 Å². The molecule has 2 N–H and O–H groups in total. The van der Waals surface area contributed by atoms with E-state index in [9.17, 15) is 13.2 Å². The number of anilines is 1. The molecule has 0 fully saturated rings. The molecule has 2 aromatic rings. The van der Waals surface area contributed by atoms with Gasteiger partial charge in [-0.1, -0.05) is 12.1 Å². The van der Waals surface area contributed by atoms with E-state index in [1.807, 2.05) is 24.6 Å². The SMILES string of the molecule is CN(C)S(=O)(=O)c1cccc(NC(=O)C[NH+](C)Cc2cccs2)c1. The van der Waals surface area contributed by atoms with Crippen LogP contribution in [-0.2, 0) is 21.4 Å². The van der Waals surface area contributed by atoms with Crippen LogP contribution in [-0.4, -0.2) is 46.3 Å². The second kappa shape index (κ2) is 7.89. The lowest BCUT2D eigenvalue weighted by Gasteiger charge is -2.14. The van der Waals surface area contributed by atoms with Gasteiger partial charge in [0.05, 0.1) is 16.8 Å². The molecular weight excluding hydrogens is 346 g/mol. The number of nitrogens with zero attached hydrogens (tertiary/aromatic N) is 1. The third-order valence-corrected chi connectivity index (χ3v) is 6.10. The maximum absolute atomic E-state index is 12.2. The second-order valence-corrected chi connectivity index (χ2v) is 8.94. The van der Waals surface area contributed by atoms with E-state index in [1.54, 1.807) is 23.5 Å². The highest BCUT2D eigenvalue weighted by Crippen LogP contribution is 2.17. The minimum Gasteiger partial charge on any atom is -0.325 e. The average Bonchev–Trinajstić information content (AvgIpc) is 2.99. The van der Waals surface area contributed by atoms with Gasteiger partial charge in [-0.25, -0.2) is 12.7 Å². The van der Waals surface area contributed by atoms with Crippen molar-refractivity contribution >= 4 is 33.0 Å². The number of benzene rings is 1. The number of amides is 1. The van der Waals surface area contributed by atoms with Crippen LogP contribution in [0.25, 0.3) is 0 Å². The maximum atomic E-state index is 12.2. The minimum absolute atomic E-state index is 0.150. The molecular formula is C16H22N3O3S2+. The molecule has 0 saturated carbocycles. The maximum Gasteiger partial charge on any atom is 0.279 e. The Morgan fingerprint density at radius 3 is 2.62 bits per heavy atom. The van der Waals surface area contributed by atoms with Crippen LogP contribution in [0.3, 0.4) is 0 Å². The topological polar surface area (TPSA) is 70.9 Å². The van der Waals surface area contributed by atoms with E-state index in [0.717, 1.165) is 15.7 Å². The molecule has 0 saturated heterocycles. The predicted octanol–water partition coefficient (Wildman–Crippen LogP) is 0.652. The van der Waals surface area contributed by atoms with Crippen LogP contribution in [0.15, 0.2) is 46.7 Å². The van der Waals surface area contributed by atoms with Crippen LogP contribution in [0.4, 0.5) is 5.69 Å². The highest BCUT2D eigenvalue weighted by atomic mass is 32.2. The van der Waals surface area contributed by atoms with E-state index >= 15 is 0 Å². The summed E-state index contributed by atoms with van der Waals surface area (Å²) in [5.41, 5.74) is 0.479. The van der Waals surface area contributed by atoms with Gasteiger partial charge in [-0.05, 0) is 29.6 Å². The van der Waals surface area contributed by atoms with Crippen molar-refractivity contribution in [2.45, 2.75) is 11.4 Å². The number of carbonyl (C=O) groups is 1. The molecule has 1 aromatic heterocycles. The highest BCUT2D eigenvalue weighted by molar-refractivity contribution is 7.89. The number of carbonyl (C=O) groups excluding carboxylic acids is 1. The fourth-order valence-corrected chi connectivity index (χ4v) is 3.96. The number of quaternary nitrogens is 1. The van der Waals surface area contributed by atoms with Crippen molar-refractivity contribution in [3.05, 3.63) is 46.7 Å². The molecule has 0 spiro atoms. The van der Waals surface area contributed by atoms with Gasteiger partial charge < -0.3 is 10.2 Å². The zero-order chi connectivity index (χ0) is 17.7. The Bertz CT molecular complexity index is 787. The summed E-state index contributed by atoms with van der Waals surface area (Å²) in [6.45, 7) is 1.09. The van der Waals surface area contributed by atoms with E-state index < -0.39 is 10.0 Å². The molecule has 8 heteroatoms. The smallest absolute Gasteiger partial charge is 0.279 e. The summed E-state index contributed by atoms with van der Waals surface area (Å²) < 4.78 is 25.4. The van der Waals surface area contributed by atoms with Gasteiger partial charge in [-0.2, -0.15) is 0 Å². The normalized spacial score (nSPS) is 13.0. The monoisotopic (exact) mass is 368 g/mol. The zero-order valence-corrected chi connectivity index (χ0v) is 15.6. The molecule has 1 aromatic carbocycles. The van der Waals surface area contributed by atoms with Gasteiger partial charge in [0.15, 0.2) is 6.54 Å². The first kappa shape index (κ1) is 18.6. The van der Waals surface area contributed by atoms with Crippen molar-refractivity contribution in [1.29, 1.82) is 0 Å². The second-order valence-electron chi connectivity index (χ2n) is 5.75. The quantitative estimate of drug-likeness (QED) is 0.754. The lowest BCUT2D eigenvalue weighted by molar-refractivity contribution is -0.884. The third-order valence-electron chi connectivity index (χ3n) is 3.41. The summed E-state index contributed by atoms with van der Waals surface area (Å²) in [7, 11) is 1.39. The summed E-state index contributed by atoms with van der Waals surface area (Å²) in [6, 6.07) is 10.3. The molecule has 0 aliphatic heterocycles. The highest BCUT2D eigenvalue weighted by Gasteiger charge is 2.18. The number of sulfonamides is 1. The Kier molecular flexibility index (Phi) is 6.11. The average molecular weight is 369 g/mol. The number of hydrogen-bond acceptors (Lipinski definition) is 4. The van der Waals surface area contributed by atoms with Gasteiger partial charge in [0.1, 0.15) is 6.54 Å². The van der Waals surface area contributed by atoms with E-state index in [2.05, 4.69) is 5.32 Å². The van der Waals surface area contributed by atoms with Gasteiger partial charge in [-0.15, -0.1) is 11.3 Å². The number of nitrogens with one attached hydrogen (secondary N) is 2. The molecule has 0 radical (unpaired) electrons. The number of thiophene rings is 1. The summed E-state index contributed by atoms with van der Waals surface area (Å²) >= 11 is 1.67. The van der Waals surface area contributed by atoms with E-state index in [-0.39, 0.29) is 10.8 Å². The Morgan fingerprint density at radius 2 is 2.00 bits per heavy atom. The molecule has 24 heavy (non-hydrogen) atoms. The van der Waals surface area contributed by atoms with E-state index in [0.29, 0.717) is 12.2 Å². The number of hydrogen-bond donors (Lipinski definition) is 2. The Balaban J connectivity index is 1.99. The summed E-state index contributed by atoms with van der Waals surface area (Å²) in [5.74, 6) is -0.150. The lowest BCUT2D eigenvalue weighted by atomic mass is 10.3. The molecule has 1 atom stereocenters. The third kappa shape index (κ3) is 4.88. The van der Waals surface area contributed by atoms with Crippen molar-refractivity contribution in [2.75, 3.05) is 33.0 Å². The molecule has 130 valence electrons. The van der Waals surface area contributed by atoms with Crippen LogP contribution >= 0.6 is 11.3 Å². The fraction of sp³-hybridized carbons (Fsp3) is 0.312.